The summed E-state index contributed by atoms with van der Waals surface area (Å²) in [7, 11) is 0. The summed E-state index contributed by atoms with van der Waals surface area (Å²) in [6, 6.07) is 6.20. The van der Waals surface area contributed by atoms with Gasteiger partial charge >= 0.3 is 0 Å². The van der Waals surface area contributed by atoms with Crippen molar-refractivity contribution in [2.24, 2.45) is 5.73 Å². The zero-order chi connectivity index (χ0) is 14.4. The summed E-state index contributed by atoms with van der Waals surface area (Å²) in [6.45, 7) is 2.20. The van der Waals surface area contributed by atoms with E-state index < -0.39 is 5.41 Å². The van der Waals surface area contributed by atoms with Gasteiger partial charge in [-0.25, -0.2) is 4.39 Å². The van der Waals surface area contributed by atoms with Crippen molar-refractivity contribution in [2.45, 2.75) is 24.7 Å². The third-order valence-corrected chi connectivity index (χ3v) is 3.84. The number of amides is 1. The molecular formula is C15H22ClFN2O2. The second kappa shape index (κ2) is 8.32. The number of halogens is 2. The molecule has 1 saturated heterocycles. The third kappa shape index (κ3) is 4.15. The first-order valence-corrected chi connectivity index (χ1v) is 7.01. The molecule has 1 heterocycles. The molecule has 0 aromatic heterocycles. The van der Waals surface area contributed by atoms with Gasteiger partial charge in [-0.3, -0.25) is 4.79 Å². The predicted molar refractivity (Wildman–Crippen MR) is 82.1 cm³/mol. The molecule has 118 valence electrons. The van der Waals surface area contributed by atoms with E-state index in [1.165, 1.54) is 12.1 Å². The fourth-order valence-electron chi connectivity index (χ4n) is 2.61. The predicted octanol–water partition coefficient (Wildman–Crippen LogP) is 1.76. The van der Waals surface area contributed by atoms with Crippen LogP contribution in [0.15, 0.2) is 24.3 Å². The van der Waals surface area contributed by atoms with Crippen LogP contribution in [0.1, 0.15) is 24.8 Å². The van der Waals surface area contributed by atoms with Gasteiger partial charge in [0.15, 0.2) is 0 Å². The first-order valence-electron chi connectivity index (χ1n) is 7.01. The lowest BCUT2D eigenvalue weighted by Crippen LogP contribution is -2.48. The molecule has 21 heavy (non-hydrogen) atoms. The normalized spacial score (nSPS) is 16.9. The van der Waals surface area contributed by atoms with Gasteiger partial charge in [0.2, 0.25) is 5.91 Å². The molecular weight excluding hydrogens is 295 g/mol. The monoisotopic (exact) mass is 316 g/mol. The first kappa shape index (κ1) is 17.9. The van der Waals surface area contributed by atoms with Crippen molar-refractivity contribution in [1.29, 1.82) is 0 Å². The zero-order valence-electron chi connectivity index (χ0n) is 11.9. The summed E-state index contributed by atoms with van der Waals surface area (Å²) in [5, 5.41) is 2.94. The van der Waals surface area contributed by atoms with Gasteiger partial charge in [-0.2, -0.15) is 0 Å². The molecule has 1 fully saturated rings. The molecule has 0 spiro atoms. The average molecular weight is 317 g/mol. The van der Waals surface area contributed by atoms with Crippen molar-refractivity contribution in [3.8, 4) is 0 Å². The number of nitrogens with one attached hydrogen (secondary N) is 1. The van der Waals surface area contributed by atoms with Crippen LogP contribution < -0.4 is 11.1 Å². The maximum Gasteiger partial charge on any atom is 0.230 e. The minimum Gasteiger partial charge on any atom is -0.381 e. The lowest BCUT2D eigenvalue weighted by Gasteiger charge is -2.36. The van der Waals surface area contributed by atoms with Crippen LogP contribution >= 0.6 is 12.4 Å². The van der Waals surface area contributed by atoms with Gasteiger partial charge in [0, 0.05) is 19.8 Å². The highest BCUT2D eigenvalue weighted by Crippen LogP contribution is 2.35. The van der Waals surface area contributed by atoms with Crippen molar-refractivity contribution in [1.82, 2.24) is 5.32 Å². The molecule has 3 N–H and O–H groups in total. The summed E-state index contributed by atoms with van der Waals surface area (Å²) in [5.41, 5.74) is 5.68. The topological polar surface area (TPSA) is 64.3 Å². The third-order valence-electron chi connectivity index (χ3n) is 3.84. The second-order valence-corrected chi connectivity index (χ2v) is 5.10. The molecule has 1 aliphatic heterocycles. The Hall–Kier alpha value is -1.17. The molecule has 1 aliphatic rings. The van der Waals surface area contributed by atoms with E-state index in [1.54, 1.807) is 12.1 Å². The van der Waals surface area contributed by atoms with Crippen molar-refractivity contribution >= 4 is 18.3 Å². The molecule has 2 rings (SSSR count). The molecule has 6 heteroatoms. The molecule has 1 aromatic rings. The quantitative estimate of drug-likeness (QED) is 0.814. The fourth-order valence-corrected chi connectivity index (χ4v) is 2.61. The minimum atomic E-state index is -0.611. The van der Waals surface area contributed by atoms with E-state index in [1.807, 2.05) is 0 Å². The summed E-state index contributed by atoms with van der Waals surface area (Å²) < 4.78 is 18.5. The Morgan fingerprint density at radius 3 is 2.48 bits per heavy atom. The SMILES string of the molecule is Cl.NCCCNC(=O)C1(c2ccc(F)cc2)CCOCC1. The van der Waals surface area contributed by atoms with E-state index >= 15 is 0 Å². The zero-order valence-corrected chi connectivity index (χ0v) is 12.8. The van der Waals surface area contributed by atoms with E-state index in [4.69, 9.17) is 10.5 Å². The van der Waals surface area contributed by atoms with E-state index in [9.17, 15) is 9.18 Å². The number of hydrogen-bond donors (Lipinski definition) is 2. The molecule has 0 aliphatic carbocycles. The average Bonchev–Trinajstić information content (AvgIpc) is 2.49. The van der Waals surface area contributed by atoms with Crippen LogP contribution in [0.5, 0.6) is 0 Å². The highest BCUT2D eigenvalue weighted by Gasteiger charge is 2.41. The standard InChI is InChI=1S/C15H21FN2O2.ClH/c16-13-4-2-12(3-5-13)15(6-10-20-11-7-15)14(19)18-9-1-8-17;/h2-5H,1,6-11,17H2,(H,18,19);1H. The molecule has 0 radical (unpaired) electrons. The van der Waals surface area contributed by atoms with E-state index in [2.05, 4.69) is 5.32 Å². The molecule has 0 atom stereocenters. The number of ether oxygens (including phenoxy) is 1. The van der Waals surface area contributed by atoms with Crippen LogP contribution in [-0.2, 0) is 14.9 Å². The Labute approximate surface area is 130 Å². The Morgan fingerprint density at radius 1 is 1.29 bits per heavy atom. The number of carbonyl (C=O) groups is 1. The van der Waals surface area contributed by atoms with E-state index in [-0.39, 0.29) is 24.1 Å². The Kier molecular flexibility index (Phi) is 7.08. The number of nitrogens with two attached hydrogens (primary N) is 1. The summed E-state index contributed by atoms with van der Waals surface area (Å²) >= 11 is 0. The van der Waals surface area contributed by atoms with Crippen molar-refractivity contribution in [2.75, 3.05) is 26.3 Å². The Morgan fingerprint density at radius 2 is 1.90 bits per heavy atom. The van der Waals surface area contributed by atoms with Gasteiger partial charge in [-0.05, 0) is 43.5 Å². The van der Waals surface area contributed by atoms with Gasteiger partial charge in [0.1, 0.15) is 5.82 Å². The van der Waals surface area contributed by atoms with Crippen molar-refractivity contribution in [3.63, 3.8) is 0 Å². The fraction of sp³-hybridized carbons (Fsp3) is 0.533. The van der Waals surface area contributed by atoms with Crippen LogP contribution in [-0.4, -0.2) is 32.2 Å². The lowest BCUT2D eigenvalue weighted by molar-refractivity contribution is -0.130. The van der Waals surface area contributed by atoms with Crippen molar-refractivity contribution < 1.29 is 13.9 Å². The van der Waals surface area contributed by atoms with Gasteiger partial charge in [0.05, 0.1) is 5.41 Å². The maximum atomic E-state index is 13.1. The molecule has 0 saturated carbocycles. The Balaban J connectivity index is 0.00000220. The van der Waals surface area contributed by atoms with E-state index in [0.29, 0.717) is 39.1 Å². The van der Waals surface area contributed by atoms with Crippen LogP contribution in [0.3, 0.4) is 0 Å². The molecule has 0 unspecified atom stereocenters. The van der Waals surface area contributed by atoms with Crippen LogP contribution in [0.25, 0.3) is 0 Å². The number of hydrogen-bond acceptors (Lipinski definition) is 3. The largest absolute Gasteiger partial charge is 0.381 e. The number of rotatable bonds is 5. The first-order chi connectivity index (χ1) is 9.69. The highest BCUT2D eigenvalue weighted by atomic mass is 35.5. The van der Waals surface area contributed by atoms with Gasteiger partial charge in [-0.15, -0.1) is 12.4 Å². The summed E-state index contributed by atoms with van der Waals surface area (Å²) in [4.78, 5) is 12.6. The number of carbonyl (C=O) groups excluding carboxylic acids is 1. The second-order valence-electron chi connectivity index (χ2n) is 5.10. The lowest BCUT2D eigenvalue weighted by atomic mass is 9.73. The van der Waals surface area contributed by atoms with E-state index in [0.717, 1.165) is 12.0 Å². The van der Waals surface area contributed by atoms with Gasteiger partial charge in [0.25, 0.3) is 0 Å². The van der Waals surface area contributed by atoms with Crippen molar-refractivity contribution in [3.05, 3.63) is 35.6 Å². The van der Waals surface area contributed by atoms with Crippen LogP contribution in [0, 0.1) is 5.82 Å². The summed E-state index contributed by atoms with van der Waals surface area (Å²) in [5.74, 6) is -0.305. The minimum absolute atomic E-state index is 0. The molecule has 1 aromatic carbocycles. The van der Waals surface area contributed by atoms with Gasteiger partial charge in [-0.1, -0.05) is 12.1 Å². The van der Waals surface area contributed by atoms with Crippen LogP contribution in [0.4, 0.5) is 4.39 Å². The van der Waals surface area contributed by atoms with Gasteiger partial charge < -0.3 is 15.8 Å². The van der Waals surface area contributed by atoms with Crippen LogP contribution in [0.2, 0.25) is 0 Å². The highest BCUT2D eigenvalue weighted by molar-refractivity contribution is 5.88. The Bertz CT molecular complexity index is 447. The molecule has 0 bridgehead atoms. The molecule has 4 nitrogen and oxygen atoms in total. The number of benzene rings is 1. The smallest absolute Gasteiger partial charge is 0.230 e. The maximum absolute atomic E-state index is 13.1. The summed E-state index contributed by atoms with van der Waals surface area (Å²) in [6.07, 6.45) is 1.99. The molecule has 1 amide bonds.